The predicted molar refractivity (Wildman–Crippen MR) is 91.9 cm³/mol. The summed E-state index contributed by atoms with van der Waals surface area (Å²) in [6.07, 6.45) is 0. The molecule has 5 heteroatoms. The lowest BCUT2D eigenvalue weighted by Gasteiger charge is -2.47. The molecule has 0 aromatic heterocycles. The lowest BCUT2D eigenvalue weighted by molar-refractivity contribution is -0.182. The van der Waals surface area contributed by atoms with Crippen LogP contribution in [-0.2, 0) is 11.3 Å². The van der Waals surface area contributed by atoms with Crippen LogP contribution in [0.2, 0.25) is 5.02 Å². The molecule has 0 radical (unpaired) electrons. The van der Waals surface area contributed by atoms with Gasteiger partial charge in [-0.1, -0.05) is 36.0 Å². The van der Waals surface area contributed by atoms with Crippen LogP contribution in [0.1, 0.15) is 38.8 Å². The Morgan fingerprint density at radius 1 is 1.29 bits per heavy atom. The van der Waals surface area contributed by atoms with Crippen LogP contribution in [0.4, 0.5) is 0 Å². The van der Waals surface area contributed by atoms with Gasteiger partial charge in [-0.05, 0) is 39.3 Å². The van der Waals surface area contributed by atoms with Crippen LogP contribution >= 0.6 is 23.8 Å². The molecule has 2 N–H and O–H groups in total. The number of hydrogen-bond donors (Lipinski definition) is 1. The van der Waals surface area contributed by atoms with E-state index in [1.165, 1.54) is 0 Å². The summed E-state index contributed by atoms with van der Waals surface area (Å²) in [5.74, 6) is 0. The first kappa shape index (κ1) is 16.7. The number of benzene rings is 1. The zero-order valence-corrected chi connectivity index (χ0v) is 14.6. The van der Waals surface area contributed by atoms with Crippen molar-refractivity contribution in [3.63, 3.8) is 0 Å². The van der Waals surface area contributed by atoms with Gasteiger partial charge in [0.15, 0.2) is 0 Å². The largest absolute Gasteiger partial charge is 0.389 e. The van der Waals surface area contributed by atoms with E-state index in [1.54, 1.807) is 0 Å². The summed E-state index contributed by atoms with van der Waals surface area (Å²) < 4.78 is 6.10. The molecule has 1 aromatic rings. The lowest BCUT2D eigenvalue weighted by Crippen LogP contribution is -2.56. The average molecular weight is 327 g/mol. The van der Waals surface area contributed by atoms with E-state index in [0.717, 1.165) is 30.8 Å². The highest BCUT2D eigenvalue weighted by Gasteiger charge is 2.38. The minimum atomic E-state index is -0.160. The standard InChI is InChI=1S/C16H23ClN2OS/c1-15(2)9-19(10-16(3,4)20-15)8-12-6-5-11(14(18)21)7-13(12)17/h5-7H,8-10H2,1-4H3,(H2,18,21). The maximum Gasteiger partial charge on any atom is 0.104 e. The molecule has 1 fully saturated rings. The second kappa shape index (κ2) is 5.84. The molecule has 0 aliphatic carbocycles. The highest BCUT2D eigenvalue weighted by Crippen LogP contribution is 2.30. The van der Waals surface area contributed by atoms with Gasteiger partial charge < -0.3 is 10.5 Å². The van der Waals surface area contributed by atoms with Crippen LogP contribution in [0.3, 0.4) is 0 Å². The summed E-state index contributed by atoms with van der Waals surface area (Å²) in [7, 11) is 0. The summed E-state index contributed by atoms with van der Waals surface area (Å²) in [6.45, 7) is 11.0. The first-order valence-electron chi connectivity index (χ1n) is 7.09. The molecule has 0 saturated carbocycles. The smallest absolute Gasteiger partial charge is 0.104 e. The Labute approximate surface area is 137 Å². The topological polar surface area (TPSA) is 38.5 Å². The number of ether oxygens (including phenoxy) is 1. The van der Waals surface area contributed by atoms with E-state index in [1.807, 2.05) is 18.2 Å². The number of morpholine rings is 1. The van der Waals surface area contributed by atoms with Gasteiger partial charge in [0.1, 0.15) is 4.99 Å². The molecule has 0 unspecified atom stereocenters. The van der Waals surface area contributed by atoms with E-state index in [9.17, 15) is 0 Å². The van der Waals surface area contributed by atoms with Crippen LogP contribution in [0.5, 0.6) is 0 Å². The lowest BCUT2D eigenvalue weighted by atomic mass is 9.98. The van der Waals surface area contributed by atoms with Gasteiger partial charge in [-0.15, -0.1) is 0 Å². The number of hydrogen-bond acceptors (Lipinski definition) is 3. The van der Waals surface area contributed by atoms with Gasteiger partial charge in [-0.25, -0.2) is 0 Å². The van der Waals surface area contributed by atoms with Crippen molar-refractivity contribution in [1.29, 1.82) is 0 Å². The second-order valence-corrected chi connectivity index (χ2v) is 7.78. The van der Waals surface area contributed by atoms with E-state index in [2.05, 4.69) is 32.6 Å². The zero-order chi connectivity index (χ0) is 15.8. The highest BCUT2D eigenvalue weighted by molar-refractivity contribution is 7.80. The van der Waals surface area contributed by atoms with Crippen molar-refractivity contribution in [3.05, 3.63) is 34.3 Å². The molecule has 21 heavy (non-hydrogen) atoms. The van der Waals surface area contributed by atoms with Gasteiger partial charge in [0.2, 0.25) is 0 Å². The number of nitrogens with zero attached hydrogens (tertiary/aromatic N) is 1. The summed E-state index contributed by atoms with van der Waals surface area (Å²) in [5, 5.41) is 0.711. The summed E-state index contributed by atoms with van der Waals surface area (Å²) in [4.78, 5) is 2.75. The Bertz CT molecular complexity index is 541. The maximum atomic E-state index is 6.36. The van der Waals surface area contributed by atoms with E-state index in [0.29, 0.717) is 10.0 Å². The molecular formula is C16H23ClN2OS. The predicted octanol–water partition coefficient (Wildman–Crippen LogP) is 3.36. The monoisotopic (exact) mass is 326 g/mol. The molecule has 1 aliphatic rings. The van der Waals surface area contributed by atoms with Crippen molar-refractivity contribution < 1.29 is 4.74 Å². The molecule has 1 saturated heterocycles. The third-order valence-corrected chi connectivity index (χ3v) is 4.08. The van der Waals surface area contributed by atoms with Crippen molar-refractivity contribution in [2.24, 2.45) is 5.73 Å². The maximum absolute atomic E-state index is 6.36. The Balaban J connectivity index is 2.16. The third kappa shape index (κ3) is 4.39. The molecule has 116 valence electrons. The molecule has 1 heterocycles. The van der Waals surface area contributed by atoms with Crippen molar-refractivity contribution in [2.45, 2.75) is 45.4 Å². The third-order valence-electron chi connectivity index (χ3n) is 3.49. The average Bonchev–Trinajstić information content (AvgIpc) is 2.27. The van der Waals surface area contributed by atoms with Crippen LogP contribution < -0.4 is 5.73 Å². The zero-order valence-electron chi connectivity index (χ0n) is 13.1. The van der Waals surface area contributed by atoms with Crippen molar-refractivity contribution in [3.8, 4) is 0 Å². The summed E-state index contributed by atoms with van der Waals surface area (Å²) >= 11 is 11.3. The number of nitrogens with two attached hydrogens (primary N) is 1. The molecule has 2 rings (SSSR count). The molecule has 0 amide bonds. The second-order valence-electron chi connectivity index (χ2n) is 6.94. The number of rotatable bonds is 3. The Hall–Kier alpha value is -0.680. The number of halogens is 1. The van der Waals surface area contributed by atoms with E-state index < -0.39 is 0 Å². The molecule has 0 spiro atoms. The fraction of sp³-hybridized carbons (Fsp3) is 0.562. The van der Waals surface area contributed by atoms with Gasteiger partial charge in [0.05, 0.1) is 11.2 Å². The summed E-state index contributed by atoms with van der Waals surface area (Å²) in [5.41, 5.74) is 7.21. The first-order valence-corrected chi connectivity index (χ1v) is 7.87. The Kier molecular flexibility index (Phi) is 4.64. The Morgan fingerprint density at radius 2 is 1.86 bits per heavy atom. The fourth-order valence-corrected chi connectivity index (χ4v) is 3.49. The molecule has 0 bridgehead atoms. The van der Waals surface area contributed by atoms with Crippen molar-refractivity contribution in [2.75, 3.05) is 13.1 Å². The van der Waals surface area contributed by atoms with Gasteiger partial charge >= 0.3 is 0 Å². The van der Waals surface area contributed by atoms with E-state index in [-0.39, 0.29) is 11.2 Å². The Morgan fingerprint density at radius 3 is 2.33 bits per heavy atom. The van der Waals surface area contributed by atoms with Crippen molar-refractivity contribution >= 4 is 28.8 Å². The summed E-state index contributed by atoms with van der Waals surface area (Å²) in [6, 6.07) is 5.78. The van der Waals surface area contributed by atoms with E-state index in [4.69, 9.17) is 34.3 Å². The SMILES string of the molecule is CC1(C)CN(Cc2ccc(C(N)=S)cc2Cl)CC(C)(C)O1. The van der Waals surface area contributed by atoms with Crippen LogP contribution in [0.25, 0.3) is 0 Å². The van der Waals surface area contributed by atoms with Crippen LogP contribution in [-0.4, -0.2) is 34.2 Å². The number of thiocarbonyl (C=S) groups is 1. The first-order chi connectivity index (χ1) is 9.58. The molecular weight excluding hydrogens is 304 g/mol. The fourth-order valence-electron chi connectivity index (χ4n) is 3.13. The van der Waals surface area contributed by atoms with Crippen molar-refractivity contribution in [1.82, 2.24) is 4.90 Å². The van der Waals surface area contributed by atoms with E-state index >= 15 is 0 Å². The minimum Gasteiger partial charge on any atom is -0.389 e. The molecule has 0 atom stereocenters. The normalized spacial score (nSPS) is 21.2. The van der Waals surface area contributed by atoms with Crippen LogP contribution in [0, 0.1) is 0 Å². The van der Waals surface area contributed by atoms with Gasteiger partial charge in [-0.3, -0.25) is 4.90 Å². The highest BCUT2D eigenvalue weighted by atomic mass is 35.5. The van der Waals surface area contributed by atoms with Crippen LogP contribution in [0.15, 0.2) is 18.2 Å². The van der Waals surface area contributed by atoms with Gasteiger partial charge in [0.25, 0.3) is 0 Å². The molecule has 1 aromatic carbocycles. The quantitative estimate of drug-likeness (QED) is 0.864. The molecule has 3 nitrogen and oxygen atoms in total. The van der Waals surface area contributed by atoms with Gasteiger partial charge in [0, 0.05) is 30.2 Å². The van der Waals surface area contributed by atoms with Gasteiger partial charge in [-0.2, -0.15) is 0 Å². The molecule has 1 aliphatic heterocycles. The minimum absolute atomic E-state index is 0.160.